The fraction of sp³-hybridized carbons (Fsp3) is 0.300. The monoisotopic (exact) mass is 193 g/mol. The average Bonchev–Trinajstić information content (AvgIpc) is 2.20. The van der Waals surface area contributed by atoms with E-state index in [-0.39, 0.29) is 6.04 Å². The Morgan fingerprint density at radius 2 is 2.36 bits per heavy atom. The van der Waals surface area contributed by atoms with Crippen molar-refractivity contribution in [2.24, 2.45) is 5.73 Å². The number of hydrogen-bond acceptors (Lipinski definition) is 3. The van der Waals surface area contributed by atoms with Gasteiger partial charge in [-0.2, -0.15) is 5.26 Å². The Labute approximate surface area is 82.3 Å². The summed E-state index contributed by atoms with van der Waals surface area (Å²) in [6, 6.07) is 6.19. The zero-order valence-electron chi connectivity index (χ0n) is 7.92. The molecule has 3 N–H and O–H groups in total. The van der Waals surface area contributed by atoms with E-state index in [9.17, 15) is 4.39 Å². The lowest BCUT2D eigenvalue weighted by Gasteiger charge is -2.13. The fourth-order valence-electron chi connectivity index (χ4n) is 1.03. The number of hydrogen-bond donors (Lipinski definition) is 2. The summed E-state index contributed by atoms with van der Waals surface area (Å²) >= 11 is 0. The summed E-state index contributed by atoms with van der Waals surface area (Å²) in [5.41, 5.74) is 6.08. The van der Waals surface area contributed by atoms with Crippen LogP contribution in [-0.4, -0.2) is 12.6 Å². The van der Waals surface area contributed by atoms with Crippen LogP contribution in [0.5, 0.6) is 0 Å². The van der Waals surface area contributed by atoms with Crippen molar-refractivity contribution < 1.29 is 4.39 Å². The van der Waals surface area contributed by atoms with Crippen molar-refractivity contribution in [1.29, 1.82) is 5.26 Å². The fourth-order valence-corrected chi connectivity index (χ4v) is 1.03. The second-order valence-corrected chi connectivity index (χ2v) is 3.09. The number of nitrogens with zero attached hydrogens (tertiary/aromatic N) is 1. The van der Waals surface area contributed by atoms with Gasteiger partial charge < -0.3 is 11.1 Å². The van der Waals surface area contributed by atoms with Crippen LogP contribution in [0, 0.1) is 17.1 Å². The van der Waals surface area contributed by atoms with Crippen molar-refractivity contribution in [2.45, 2.75) is 13.0 Å². The number of halogens is 1. The maximum atomic E-state index is 13.3. The summed E-state index contributed by atoms with van der Waals surface area (Å²) in [5.74, 6) is -0.427. The smallest absolute Gasteiger partial charge is 0.147 e. The molecule has 0 bridgehead atoms. The van der Waals surface area contributed by atoms with Crippen LogP contribution in [-0.2, 0) is 0 Å². The van der Waals surface area contributed by atoms with Gasteiger partial charge >= 0.3 is 0 Å². The van der Waals surface area contributed by atoms with Gasteiger partial charge in [0, 0.05) is 12.6 Å². The topological polar surface area (TPSA) is 61.8 Å². The molecule has 0 aliphatic heterocycles. The average molecular weight is 193 g/mol. The largest absolute Gasteiger partial charge is 0.379 e. The van der Waals surface area contributed by atoms with E-state index in [4.69, 9.17) is 11.0 Å². The molecule has 4 heteroatoms. The molecule has 0 aromatic heterocycles. The van der Waals surface area contributed by atoms with Gasteiger partial charge in [-0.1, -0.05) is 0 Å². The van der Waals surface area contributed by atoms with Crippen LogP contribution in [0.1, 0.15) is 12.5 Å². The molecule has 1 unspecified atom stereocenters. The summed E-state index contributed by atoms with van der Waals surface area (Å²) in [4.78, 5) is 0. The van der Waals surface area contributed by atoms with E-state index in [1.165, 1.54) is 6.07 Å². The van der Waals surface area contributed by atoms with Crippen LogP contribution >= 0.6 is 0 Å². The molecule has 0 radical (unpaired) electrons. The molecule has 0 fully saturated rings. The van der Waals surface area contributed by atoms with Crippen molar-refractivity contribution >= 4 is 5.69 Å². The first-order valence-electron chi connectivity index (χ1n) is 4.33. The zero-order valence-corrected chi connectivity index (χ0v) is 7.92. The molecule has 0 aliphatic rings. The Morgan fingerprint density at radius 1 is 1.64 bits per heavy atom. The molecule has 1 aromatic carbocycles. The number of nitriles is 1. The second kappa shape index (κ2) is 4.58. The van der Waals surface area contributed by atoms with E-state index in [1.54, 1.807) is 12.1 Å². The molecule has 1 aromatic rings. The first kappa shape index (κ1) is 10.5. The predicted molar refractivity (Wildman–Crippen MR) is 53.3 cm³/mol. The normalized spacial score (nSPS) is 11.9. The van der Waals surface area contributed by atoms with Gasteiger partial charge in [-0.05, 0) is 25.1 Å². The number of rotatable bonds is 3. The van der Waals surface area contributed by atoms with E-state index in [0.29, 0.717) is 17.8 Å². The third kappa shape index (κ3) is 2.44. The van der Waals surface area contributed by atoms with Crippen molar-refractivity contribution in [3.8, 4) is 6.07 Å². The molecule has 0 spiro atoms. The van der Waals surface area contributed by atoms with Crippen LogP contribution in [0.15, 0.2) is 18.2 Å². The summed E-state index contributed by atoms with van der Waals surface area (Å²) in [6.45, 7) is 2.29. The van der Waals surface area contributed by atoms with Crippen molar-refractivity contribution in [3.05, 3.63) is 29.6 Å². The first-order valence-corrected chi connectivity index (χ1v) is 4.33. The predicted octanol–water partition coefficient (Wildman–Crippen LogP) is 1.46. The molecular weight excluding hydrogens is 181 g/mol. The first-order chi connectivity index (χ1) is 6.67. The van der Waals surface area contributed by atoms with Gasteiger partial charge in [0.1, 0.15) is 5.82 Å². The van der Waals surface area contributed by atoms with Crippen molar-refractivity contribution in [1.82, 2.24) is 0 Å². The Morgan fingerprint density at radius 3 is 2.86 bits per heavy atom. The highest BCUT2D eigenvalue weighted by Crippen LogP contribution is 2.15. The molecule has 74 valence electrons. The SMILES string of the molecule is CC(CN)Nc1ccc(C#N)cc1F. The van der Waals surface area contributed by atoms with Gasteiger partial charge in [-0.15, -0.1) is 0 Å². The Balaban J connectivity index is 2.85. The minimum atomic E-state index is -0.427. The lowest BCUT2D eigenvalue weighted by molar-refractivity contribution is 0.626. The zero-order chi connectivity index (χ0) is 10.6. The number of nitrogens with one attached hydrogen (secondary N) is 1. The highest BCUT2D eigenvalue weighted by molar-refractivity contribution is 5.49. The minimum Gasteiger partial charge on any atom is -0.379 e. The third-order valence-corrected chi connectivity index (χ3v) is 1.85. The lowest BCUT2D eigenvalue weighted by Crippen LogP contribution is -2.25. The van der Waals surface area contributed by atoms with Crippen LogP contribution in [0.3, 0.4) is 0 Å². The minimum absolute atomic E-state index is 0.0115. The number of benzene rings is 1. The number of anilines is 1. The highest BCUT2D eigenvalue weighted by Gasteiger charge is 2.05. The molecule has 1 atom stereocenters. The summed E-state index contributed by atoms with van der Waals surface area (Å²) in [5, 5.41) is 11.4. The Hall–Kier alpha value is -1.60. The van der Waals surface area contributed by atoms with E-state index in [0.717, 1.165) is 0 Å². The molecule has 3 nitrogen and oxygen atoms in total. The molecular formula is C10H12FN3. The summed E-state index contributed by atoms with van der Waals surface area (Å²) < 4.78 is 13.3. The maximum Gasteiger partial charge on any atom is 0.147 e. The quantitative estimate of drug-likeness (QED) is 0.763. The van der Waals surface area contributed by atoms with E-state index in [1.807, 2.05) is 13.0 Å². The summed E-state index contributed by atoms with van der Waals surface area (Å²) in [6.07, 6.45) is 0. The van der Waals surface area contributed by atoms with Gasteiger partial charge in [0.15, 0.2) is 0 Å². The molecule has 14 heavy (non-hydrogen) atoms. The molecule has 0 aliphatic carbocycles. The summed E-state index contributed by atoms with van der Waals surface area (Å²) in [7, 11) is 0. The van der Waals surface area contributed by atoms with Crippen LogP contribution in [0.2, 0.25) is 0 Å². The Kier molecular flexibility index (Phi) is 3.43. The van der Waals surface area contributed by atoms with Gasteiger partial charge in [-0.25, -0.2) is 4.39 Å². The van der Waals surface area contributed by atoms with Gasteiger partial charge in [0.05, 0.1) is 17.3 Å². The molecule has 1 rings (SSSR count). The van der Waals surface area contributed by atoms with Gasteiger partial charge in [0.25, 0.3) is 0 Å². The lowest BCUT2D eigenvalue weighted by atomic mass is 10.2. The molecule has 0 saturated heterocycles. The Bertz CT molecular complexity index is 357. The van der Waals surface area contributed by atoms with Crippen molar-refractivity contribution in [2.75, 3.05) is 11.9 Å². The molecule has 0 amide bonds. The maximum absolute atomic E-state index is 13.3. The van der Waals surface area contributed by atoms with E-state index < -0.39 is 5.82 Å². The van der Waals surface area contributed by atoms with Crippen LogP contribution in [0.25, 0.3) is 0 Å². The number of nitrogens with two attached hydrogens (primary N) is 1. The standard InChI is InChI=1S/C10H12FN3/c1-7(5-12)14-10-3-2-8(6-13)4-9(10)11/h2-4,7,14H,5,12H2,1H3. The van der Waals surface area contributed by atoms with E-state index >= 15 is 0 Å². The van der Waals surface area contributed by atoms with E-state index in [2.05, 4.69) is 5.32 Å². The highest BCUT2D eigenvalue weighted by atomic mass is 19.1. The van der Waals surface area contributed by atoms with Crippen LogP contribution < -0.4 is 11.1 Å². The van der Waals surface area contributed by atoms with Crippen LogP contribution in [0.4, 0.5) is 10.1 Å². The van der Waals surface area contributed by atoms with Gasteiger partial charge in [0.2, 0.25) is 0 Å². The second-order valence-electron chi connectivity index (χ2n) is 3.09. The molecule has 0 heterocycles. The molecule has 0 saturated carbocycles. The third-order valence-electron chi connectivity index (χ3n) is 1.85. The van der Waals surface area contributed by atoms with Crippen molar-refractivity contribution in [3.63, 3.8) is 0 Å². The van der Waals surface area contributed by atoms with Gasteiger partial charge in [-0.3, -0.25) is 0 Å².